The summed E-state index contributed by atoms with van der Waals surface area (Å²) in [7, 11) is 0. The molecule has 0 spiro atoms. The Morgan fingerprint density at radius 3 is 2.64 bits per heavy atom. The highest BCUT2D eigenvalue weighted by Crippen LogP contribution is 2.31. The van der Waals surface area contributed by atoms with Gasteiger partial charge < -0.3 is 20.5 Å². The molecule has 3 N–H and O–H groups in total. The number of carbonyl (C=O) groups is 1. The number of halogens is 4. The van der Waals surface area contributed by atoms with Crippen LogP contribution in [0.5, 0.6) is 11.6 Å². The van der Waals surface area contributed by atoms with Crippen LogP contribution < -0.4 is 10.5 Å². The number of aromatic nitrogens is 1. The number of nitrogens with two attached hydrogens (primary N) is 1. The number of alkyl halides is 4. The molecule has 1 amide bonds. The number of amides is 1. The van der Waals surface area contributed by atoms with Gasteiger partial charge in [-0.05, 0) is 29.8 Å². The third kappa shape index (κ3) is 4.39. The number of pyridine rings is 1. The number of nitrogens with zero attached hydrogens (tertiary/aromatic N) is 2. The van der Waals surface area contributed by atoms with Gasteiger partial charge in [0.25, 0.3) is 5.91 Å². The van der Waals surface area contributed by atoms with Crippen LogP contribution in [0.3, 0.4) is 0 Å². The Morgan fingerprint density at radius 1 is 1.29 bits per heavy atom. The predicted molar refractivity (Wildman–Crippen MR) is 90.5 cm³/mol. The molecule has 1 aliphatic rings. The molecular weight excluding hydrogens is 382 g/mol. The number of aliphatic hydroxyl groups is 1. The molecule has 2 atom stereocenters. The molecule has 2 heterocycles. The average molecular weight is 399 g/mol. The van der Waals surface area contributed by atoms with Gasteiger partial charge in [0.1, 0.15) is 23.7 Å². The lowest BCUT2D eigenvalue weighted by Gasteiger charge is -2.16. The first-order chi connectivity index (χ1) is 13.2. The fourth-order valence-electron chi connectivity index (χ4n) is 2.78. The molecule has 150 valence electrons. The van der Waals surface area contributed by atoms with E-state index in [0.717, 1.165) is 11.0 Å². The van der Waals surface area contributed by atoms with Crippen molar-refractivity contribution < 1.29 is 32.2 Å². The van der Waals surface area contributed by atoms with Gasteiger partial charge in [-0.3, -0.25) is 4.79 Å². The third-order valence-corrected chi connectivity index (χ3v) is 4.20. The topological polar surface area (TPSA) is 88.7 Å². The van der Waals surface area contributed by atoms with Gasteiger partial charge in [0, 0.05) is 24.7 Å². The second kappa shape index (κ2) is 7.72. The molecule has 1 aromatic carbocycles. The number of hydrogen-bond donors (Lipinski definition) is 2. The minimum atomic E-state index is -4.67. The lowest BCUT2D eigenvalue weighted by Crippen LogP contribution is -2.29. The van der Waals surface area contributed by atoms with E-state index < -0.39 is 30.1 Å². The monoisotopic (exact) mass is 399 g/mol. The van der Waals surface area contributed by atoms with Crippen molar-refractivity contribution in [1.82, 2.24) is 9.88 Å². The fourth-order valence-corrected chi connectivity index (χ4v) is 2.78. The van der Waals surface area contributed by atoms with Crippen molar-refractivity contribution >= 4 is 5.91 Å². The van der Waals surface area contributed by atoms with E-state index in [0.29, 0.717) is 0 Å². The summed E-state index contributed by atoms with van der Waals surface area (Å²) in [6.45, 7) is -0.511. The maximum Gasteiger partial charge on any atom is 0.433 e. The molecule has 2 aromatic rings. The number of likely N-dealkylation sites (tertiary alicyclic amines) is 1. The van der Waals surface area contributed by atoms with Gasteiger partial charge in [-0.15, -0.1) is 0 Å². The van der Waals surface area contributed by atoms with E-state index in [9.17, 15) is 27.5 Å². The zero-order chi connectivity index (χ0) is 20.5. The number of benzene rings is 1. The molecule has 1 saturated heterocycles. The Kier molecular flexibility index (Phi) is 5.52. The molecule has 1 fully saturated rings. The van der Waals surface area contributed by atoms with Crippen molar-refractivity contribution in [3.63, 3.8) is 0 Å². The van der Waals surface area contributed by atoms with E-state index in [2.05, 4.69) is 4.98 Å². The van der Waals surface area contributed by atoms with E-state index in [1.165, 1.54) is 30.3 Å². The van der Waals surface area contributed by atoms with E-state index in [1.54, 1.807) is 0 Å². The molecule has 1 unspecified atom stereocenters. The highest BCUT2D eigenvalue weighted by atomic mass is 19.4. The van der Waals surface area contributed by atoms with Crippen molar-refractivity contribution in [1.29, 1.82) is 0 Å². The summed E-state index contributed by atoms with van der Waals surface area (Å²) in [4.78, 5) is 17.0. The molecule has 3 rings (SSSR count). The number of aliphatic hydroxyl groups excluding tert-OH is 1. The number of β-amino-alcohol motifs (C(OH)–C–C–N with tert-alkyl or cyclic N) is 1. The molecule has 0 saturated carbocycles. The highest BCUT2D eigenvalue weighted by Gasteiger charge is 2.35. The highest BCUT2D eigenvalue weighted by molar-refractivity contribution is 5.94. The van der Waals surface area contributed by atoms with E-state index in [1.807, 2.05) is 0 Å². The van der Waals surface area contributed by atoms with E-state index in [4.69, 9.17) is 10.5 Å². The molecule has 28 heavy (non-hydrogen) atoms. The Morgan fingerprint density at radius 2 is 2.04 bits per heavy atom. The van der Waals surface area contributed by atoms with Gasteiger partial charge in [0.05, 0.1) is 6.54 Å². The van der Waals surface area contributed by atoms with Gasteiger partial charge in [-0.25, -0.2) is 9.37 Å². The van der Waals surface area contributed by atoms with Gasteiger partial charge in [-0.1, -0.05) is 6.07 Å². The number of hydrogen-bond acceptors (Lipinski definition) is 5. The molecule has 10 heteroatoms. The molecule has 6 nitrogen and oxygen atoms in total. The van der Waals surface area contributed by atoms with Gasteiger partial charge in [0.15, 0.2) is 0 Å². The van der Waals surface area contributed by atoms with Crippen LogP contribution in [0.15, 0.2) is 36.4 Å². The number of ether oxygens (including phenoxy) is 1. The van der Waals surface area contributed by atoms with Crippen LogP contribution in [0, 0.1) is 0 Å². The van der Waals surface area contributed by atoms with E-state index >= 15 is 0 Å². The summed E-state index contributed by atoms with van der Waals surface area (Å²) in [5.74, 6) is -0.762. The van der Waals surface area contributed by atoms with Gasteiger partial charge in [0.2, 0.25) is 5.88 Å². The Hall–Kier alpha value is -2.72. The summed E-state index contributed by atoms with van der Waals surface area (Å²) in [6.07, 6.45) is -7.43. The van der Waals surface area contributed by atoms with Crippen molar-refractivity contribution in [3.05, 3.63) is 53.2 Å². The minimum Gasteiger partial charge on any atom is -0.439 e. The summed E-state index contributed by atoms with van der Waals surface area (Å²) in [6, 6.07) is 7.78. The smallest absolute Gasteiger partial charge is 0.433 e. The maximum absolute atomic E-state index is 13.4. The first kappa shape index (κ1) is 20.0. The quantitative estimate of drug-likeness (QED) is 0.772. The lowest BCUT2D eigenvalue weighted by molar-refractivity contribution is -0.141. The number of carbonyl (C=O) groups excluding carboxylic acids is 1. The van der Waals surface area contributed by atoms with Crippen LogP contribution in [0.25, 0.3) is 0 Å². The zero-order valence-electron chi connectivity index (χ0n) is 14.5. The zero-order valence-corrected chi connectivity index (χ0v) is 14.5. The normalized spacial score (nSPS) is 19.7. The average Bonchev–Trinajstić information content (AvgIpc) is 2.99. The van der Waals surface area contributed by atoms with Gasteiger partial charge in [-0.2, -0.15) is 13.2 Å². The van der Waals surface area contributed by atoms with E-state index in [-0.39, 0.29) is 42.4 Å². The summed E-state index contributed by atoms with van der Waals surface area (Å²) in [5, 5.41) is 9.45. The molecular formula is C18H17F4N3O3. The third-order valence-electron chi connectivity index (χ3n) is 4.20. The maximum atomic E-state index is 13.4. The molecule has 0 bridgehead atoms. The standard InChI is InChI=1S/C18H17F4N3O3/c19-13-8-25(9-14(13)26)17(27)11-2-1-3-12(6-11)28-16-5-10(7-23)4-15(24-16)18(20,21)22/h1-6,13-14,26H,7-9,23H2/t13-,14?/m0/s1. The Bertz CT molecular complexity index is 865. The van der Waals surface area contributed by atoms with Crippen LogP contribution in [-0.2, 0) is 12.7 Å². The fraction of sp³-hybridized carbons (Fsp3) is 0.333. The largest absolute Gasteiger partial charge is 0.439 e. The van der Waals surface area contributed by atoms with Crippen molar-refractivity contribution in [2.24, 2.45) is 5.73 Å². The number of rotatable bonds is 4. The second-order valence-electron chi connectivity index (χ2n) is 6.32. The van der Waals surface area contributed by atoms with Crippen LogP contribution in [0.1, 0.15) is 21.6 Å². The second-order valence-corrected chi connectivity index (χ2v) is 6.32. The summed E-state index contributed by atoms with van der Waals surface area (Å²) in [5.41, 5.74) is 4.62. The van der Waals surface area contributed by atoms with Crippen LogP contribution >= 0.6 is 0 Å². The van der Waals surface area contributed by atoms with Crippen LogP contribution in [0.4, 0.5) is 17.6 Å². The van der Waals surface area contributed by atoms with Crippen molar-refractivity contribution in [2.75, 3.05) is 13.1 Å². The molecule has 0 aliphatic carbocycles. The predicted octanol–water partition coefficient (Wildman–Crippen LogP) is 2.51. The molecule has 1 aliphatic heterocycles. The SMILES string of the molecule is NCc1cc(Oc2cccc(C(=O)N3CC(O)[C@@H](F)C3)c2)nc(C(F)(F)F)c1. The van der Waals surface area contributed by atoms with Crippen molar-refractivity contribution in [2.45, 2.75) is 25.0 Å². The Labute approximate surface area is 157 Å². The summed E-state index contributed by atoms with van der Waals surface area (Å²) >= 11 is 0. The van der Waals surface area contributed by atoms with Crippen LogP contribution in [0.2, 0.25) is 0 Å². The van der Waals surface area contributed by atoms with Gasteiger partial charge >= 0.3 is 6.18 Å². The first-order valence-electron chi connectivity index (χ1n) is 8.35. The first-order valence-corrected chi connectivity index (χ1v) is 8.35. The lowest BCUT2D eigenvalue weighted by atomic mass is 10.2. The minimum absolute atomic E-state index is 0.0807. The summed E-state index contributed by atoms with van der Waals surface area (Å²) < 4.78 is 57.7. The molecule has 1 aromatic heterocycles. The Balaban J connectivity index is 1.83. The van der Waals surface area contributed by atoms with Crippen LogP contribution in [-0.4, -0.2) is 46.3 Å². The molecule has 0 radical (unpaired) electrons. The van der Waals surface area contributed by atoms with Crippen molar-refractivity contribution in [3.8, 4) is 11.6 Å².